The molecule has 0 fully saturated rings. The number of halogens is 2. The van der Waals surface area contributed by atoms with Crippen LogP contribution in [0, 0.1) is 5.92 Å². The molecule has 3 aliphatic carbocycles. The number of hydrogen-bond donors (Lipinski definition) is 4. The standard InChI is InChI=1S/C30H33Cl2N3O5/c31-23-14-24(32)16-25(15-23)34-30(40)35(26-12-10-21(11-13-26)20-4-2-1-3-5-20)18-19-6-8-22(9-7-19)28(37)33-17-27(36)29(38)39/h4,6-8,10-13,15-16,22-23,27,36H,1-3,5,9,14,17-18H2,(H,33,37)(H,34,40)(H,38,39)/t22?,23?,27-/m1/s1. The van der Waals surface area contributed by atoms with Gasteiger partial charge in [0.25, 0.3) is 0 Å². The van der Waals surface area contributed by atoms with Gasteiger partial charge in [0, 0.05) is 22.8 Å². The Kier molecular flexibility index (Phi) is 10.3. The number of carbonyl (C=O) groups excluding carboxylic acids is 2. The second-order valence-corrected chi connectivity index (χ2v) is 11.1. The predicted octanol–water partition coefficient (Wildman–Crippen LogP) is 5.24. The van der Waals surface area contributed by atoms with Crippen LogP contribution < -0.4 is 15.5 Å². The van der Waals surface area contributed by atoms with Crippen LogP contribution in [0.4, 0.5) is 10.5 Å². The van der Waals surface area contributed by atoms with Crippen LogP contribution in [0.1, 0.15) is 44.1 Å². The number of alkyl halides is 1. The van der Waals surface area contributed by atoms with Crippen LogP contribution in [0.25, 0.3) is 5.57 Å². The molecule has 1 aromatic rings. The van der Waals surface area contributed by atoms with Crippen molar-refractivity contribution in [3.8, 4) is 0 Å². The normalized spacial score (nSPS) is 21.3. The molecule has 0 spiro atoms. The van der Waals surface area contributed by atoms with Crippen LogP contribution in [0.3, 0.4) is 0 Å². The Hall–Kier alpha value is -3.33. The number of nitrogens with zero attached hydrogens (tertiary/aromatic N) is 1. The third-order valence-corrected chi connectivity index (χ3v) is 7.55. The molecule has 0 aromatic heterocycles. The van der Waals surface area contributed by atoms with Crippen LogP contribution >= 0.6 is 23.2 Å². The highest BCUT2D eigenvalue weighted by atomic mass is 35.5. The molecule has 0 saturated carbocycles. The Morgan fingerprint density at radius 1 is 1.12 bits per heavy atom. The van der Waals surface area contributed by atoms with E-state index in [9.17, 15) is 19.5 Å². The van der Waals surface area contributed by atoms with Crippen LogP contribution in [0.15, 0.2) is 77.0 Å². The fourth-order valence-corrected chi connectivity index (χ4v) is 5.46. The monoisotopic (exact) mass is 585 g/mol. The molecule has 0 saturated heterocycles. The molecule has 10 heteroatoms. The predicted molar refractivity (Wildman–Crippen MR) is 157 cm³/mol. The van der Waals surface area contributed by atoms with Gasteiger partial charge in [0.05, 0.1) is 24.4 Å². The zero-order chi connectivity index (χ0) is 28.6. The van der Waals surface area contributed by atoms with Crippen LogP contribution in [0.2, 0.25) is 0 Å². The highest BCUT2D eigenvalue weighted by molar-refractivity contribution is 6.31. The Labute approximate surface area is 243 Å². The molecule has 0 heterocycles. The quantitative estimate of drug-likeness (QED) is 0.295. The third-order valence-electron chi connectivity index (χ3n) is 7.01. The fourth-order valence-electron chi connectivity index (χ4n) is 4.80. The Bertz CT molecular complexity index is 1280. The number of aliphatic hydroxyl groups is 1. The first-order valence-corrected chi connectivity index (χ1v) is 14.2. The van der Waals surface area contributed by atoms with Crippen molar-refractivity contribution < 1.29 is 24.6 Å². The molecule has 212 valence electrons. The van der Waals surface area contributed by atoms with Crippen molar-refractivity contribution in [3.05, 3.63) is 82.6 Å². The van der Waals surface area contributed by atoms with E-state index in [1.165, 1.54) is 18.4 Å². The number of aliphatic carboxylic acids is 1. The van der Waals surface area contributed by atoms with Gasteiger partial charge in [0.15, 0.2) is 6.10 Å². The van der Waals surface area contributed by atoms with Crippen molar-refractivity contribution >= 4 is 52.4 Å². The number of amides is 3. The minimum absolute atomic E-state index is 0.255. The fraction of sp³-hybridized carbons (Fsp3) is 0.367. The Morgan fingerprint density at radius 3 is 2.52 bits per heavy atom. The summed E-state index contributed by atoms with van der Waals surface area (Å²) >= 11 is 12.5. The van der Waals surface area contributed by atoms with Gasteiger partial charge in [-0.15, -0.1) is 11.6 Å². The first kappa shape index (κ1) is 29.6. The first-order valence-electron chi connectivity index (χ1n) is 13.4. The van der Waals surface area contributed by atoms with Gasteiger partial charge in [0.1, 0.15) is 0 Å². The maximum Gasteiger partial charge on any atom is 0.334 e. The average molecular weight is 587 g/mol. The zero-order valence-electron chi connectivity index (χ0n) is 22.0. The van der Waals surface area contributed by atoms with E-state index < -0.39 is 18.0 Å². The number of allylic oxidation sites excluding steroid dienone is 6. The molecular formula is C30H33Cl2N3O5. The Morgan fingerprint density at radius 2 is 1.90 bits per heavy atom. The summed E-state index contributed by atoms with van der Waals surface area (Å²) in [5.74, 6) is -2.28. The number of benzene rings is 1. The number of rotatable bonds is 9. The molecule has 0 bridgehead atoms. The smallest absolute Gasteiger partial charge is 0.334 e. The summed E-state index contributed by atoms with van der Waals surface area (Å²) in [6.07, 6.45) is 14.9. The molecular weight excluding hydrogens is 553 g/mol. The van der Waals surface area contributed by atoms with Gasteiger partial charge in [-0.05, 0) is 73.1 Å². The minimum atomic E-state index is -1.66. The molecule has 0 radical (unpaired) electrons. The molecule has 0 aliphatic heterocycles. The highest BCUT2D eigenvalue weighted by Crippen LogP contribution is 2.29. The average Bonchev–Trinajstić information content (AvgIpc) is 2.94. The van der Waals surface area contributed by atoms with Gasteiger partial charge in [-0.25, -0.2) is 9.59 Å². The lowest BCUT2D eigenvalue weighted by Crippen LogP contribution is -2.41. The molecule has 1 aromatic carbocycles. The summed E-state index contributed by atoms with van der Waals surface area (Å²) in [5, 5.41) is 23.8. The zero-order valence-corrected chi connectivity index (χ0v) is 23.5. The summed E-state index contributed by atoms with van der Waals surface area (Å²) in [6, 6.07) is 7.59. The summed E-state index contributed by atoms with van der Waals surface area (Å²) in [6.45, 7) is -0.112. The Balaban J connectivity index is 1.48. The summed E-state index contributed by atoms with van der Waals surface area (Å²) in [5.41, 5.74) is 4.56. The summed E-state index contributed by atoms with van der Waals surface area (Å²) in [7, 11) is 0. The van der Waals surface area contributed by atoms with E-state index in [-0.39, 0.29) is 30.4 Å². The number of carboxylic acids is 1. The summed E-state index contributed by atoms with van der Waals surface area (Å²) in [4.78, 5) is 38.3. The van der Waals surface area contributed by atoms with Crippen molar-refractivity contribution in [2.45, 2.75) is 50.0 Å². The van der Waals surface area contributed by atoms with E-state index in [1.54, 1.807) is 29.2 Å². The molecule has 8 nitrogen and oxygen atoms in total. The highest BCUT2D eigenvalue weighted by Gasteiger charge is 2.24. The van der Waals surface area contributed by atoms with Crippen molar-refractivity contribution in [2.24, 2.45) is 5.92 Å². The van der Waals surface area contributed by atoms with Gasteiger partial charge >= 0.3 is 12.0 Å². The van der Waals surface area contributed by atoms with E-state index in [4.69, 9.17) is 28.3 Å². The number of aliphatic hydroxyl groups excluding tert-OH is 1. The van der Waals surface area contributed by atoms with Crippen molar-refractivity contribution in [2.75, 3.05) is 18.0 Å². The lowest BCUT2D eigenvalue weighted by molar-refractivity contribution is -0.146. The lowest BCUT2D eigenvalue weighted by atomic mass is 9.93. The van der Waals surface area contributed by atoms with Gasteiger partial charge < -0.3 is 20.8 Å². The van der Waals surface area contributed by atoms with Crippen LogP contribution in [-0.4, -0.2) is 52.7 Å². The minimum Gasteiger partial charge on any atom is -0.479 e. The molecule has 4 N–H and O–H groups in total. The van der Waals surface area contributed by atoms with Gasteiger partial charge in [-0.1, -0.05) is 48.0 Å². The second-order valence-electron chi connectivity index (χ2n) is 10.1. The van der Waals surface area contributed by atoms with E-state index in [1.807, 2.05) is 30.3 Å². The number of hydrogen-bond acceptors (Lipinski definition) is 4. The topological polar surface area (TPSA) is 119 Å². The number of urea groups is 1. The van der Waals surface area contributed by atoms with E-state index in [0.29, 0.717) is 29.3 Å². The number of anilines is 1. The molecule has 3 aliphatic rings. The van der Waals surface area contributed by atoms with Crippen molar-refractivity contribution in [3.63, 3.8) is 0 Å². The van der Waals surface area contributed by atoms with Gasteiger partial charge in [-0.3, -0.25) is 9.69 Å². The van der Waals surface area contributed by atoms with Gasteiger partial charge in [-0.2, -0.15) is 0 Å². The van der Waals surface area contributed by atoms with Crippen LogP contribution in [0.5, 0.6) is 0 Å². The molecule has 3 atom stereocenters. The molecule has 2 unspecified atom stereocenters. The largest absolute Gasteiger partial charge is 0.479 e. The van der Waals surface area contributed by atoms with E-state index >= 15 is 0 Å². The molecule has 4 rings (SSSR count). The van der Waals surface area contributed by atoms with Gasteiger partial charge in [0.2, 0.25) is 5.91 Å². The second kappa shape index (κ2) is 13.8. The maximum absolute atomic E-state index is 13.5. The lowest BCUT2D eigenvalue weighted by Gasteiger charge is -2.27. The number of nitrogens with one attached hydrogen (secondary N) is 2. The third kappa shape index (κ3) is 8.10. The molecule has 3 amide bonds. The molecule has 40 heavy (non-hydrogen) atoms. The van der Waals surface area contributed by atoms with Crippen molar-refractivity contribution in [1.82, 2.24) is 10.6 Å². The number of carboxylic acid groups (broad SMARTS) is 1. The maximum atomic E-state index is 13.5. The number of carbonyl (C=O) groups is 3. The SMILES string of the molecule is O=C(NC[C@@H](O)C(=O)O)C1C=CC(CN(C(=O)NC2=CC(Cl)CC(Cl)=C2)c2ccc(C3=CCCCC3)cc2)=CC1. The van der Waals surface area contributed by atoms with Crippen LogP contribution in [-0.2, 0) is 9.59 Å². The van der Waals surface area contributed by atoms with Crippen molar-refractivity contribution in [1.29, 1.82) is 0 Å². The first-order chi connectivity index (χ1) is 19.2. The van der Waals surface area contributed by atoms with E-state index in [2.05, 4.69) is 16.7 Å². The summed E-state index contributed by atoms with van der Waals surface area (Å²) < 4.78 is 0. The van der Waals surface area contributed by atoms with E-state index in [0.717, 1.165) is 24.0 Å².